The molecule has 31 heavy (non-hydrogen) atoms. The van der Waals surface area contributed by atoms with Crippen LogP contribution in [0.3, 0.4) is 0 Å². The Bertz CT molecular complexity index is 1190. The van der Waals surface area contributed by atoms with Crippen molar-refractivity contribution in [2.45, 2.75) is 13.5 Å². The van der Waals surface area contributed by atoms with Gasteiger partial charge in [0, 0.05) is 50.8 Å². The number of thiocarbonyl (C=S) groups is 1. The average molecular weight is 438 g/mol. The highest BCUT2D eigenvalue weighted by Gasteiger charge is 2.22. The zero-order valence-corrected chi connectivity index (χ0v) is 17.8. The van der Waals surface area contributed by atoms with Crippen molar-refractivity contribution in [3.05, 3.63) is 58.5 Å². The number of carbonyl (C=O) groups is 1. The molecule has 160 valence electrons. The number of nitrogens with zero attached hydrogens (tertiary/aromatic N) is 5. The molecule has 0 spiro atoms. The lowest BCUT2D eigenvalue weighted by molar-refractivity contribution is -0.255. The van der Waals surface area contributed by atoms with E-state index in [4.69, 9.17) is 12.2 Å². The van der Waals surface area contributed by atoms with Gasteiger partial charge in [0.15, 0.2) is 5.11 Å². The van der Waals surface area contributed by atoms with Crippen molar-refractivity contribution in [1.82, 2.24) is 19.4 Å². The molecule has 1 N–H and O–H groups in total. The van der Waals surface area contributed by atoms with Crippen LogP contribution in [-0.2, 0) is 6.54 Å². The van der Waals surface area contributed by atoms with Crippen molar-refractivity contribution >= 4 is 46.0 Å². The first-order chi connectivity index (χ1) is 15.0. The van der Waals surface area contributed by atoms with Crippen molar-refractivity contribution in [3.8, 4) is 0 Å². The van der Waals surface area contributed by atoms with E-state index in [1.165, 1.54) is 12.4 Å². The maximum absolute atomic E-state index is 12.4. The van der Waals surface area contributed by atoms with E-state index in [9.17, 15) is 14.7 Å². The van der Waals surface area contributed by atoms with Crippen molar-refractivity contribution in [1.29, 1.82) is 0 Å². The molecule has 0 unspecified atom stereocenters. The first-order valence-corrected chi connectivity index (χ1v) is 10.4. The Hall–Kier alpha value is -3.53. The van der Waals surface area contributed by atoms with E-state index < -0.39 is 17.0 Å². The van der Waals surface area contributed by atoms with E-state index in [1.54, 1.807) is 4.57 Å². The second-order valence-corrected chi connectivity index (χ2v) is 7.51. The highest BCUT2D eigenvalue weighted by atomic mass is 32.1. The molecular formula is C21H21N6O3S-. The second kappa shape index (κ2) is 8.68. The number of para-hydroxylation sites is 1. The van der Waals surface area contributed by atoms with Crippen molar-refractivity contribution in [2.24, 2.45) is 0 Å². The first-order valence-electron chi connectivity index (χ1n) is 9.95. The number of carboxylic acids is 1. The van der Waals surface area contributed by atoms with Gasteiger partial charge < -0.3 is 29.6 Å². The minimum absolute atomic E-state index is 0.166. The summed E-state index contributed by atoms with van der Waals surface area (Å²) in [6.07, 6.45) is 2.68. The van der Waals surface area contributed by atoms with Crippen LogP contribution in [0.4, 0.5) is 11.6 Å². The normalized spacial score (nSPS) is 14.0. The summed E-state index contributed by atoms with van der Waals surface area (Å²) in [5.41, 5.74) is 0.333. The molecule has 0 amide bonds. The van der Waals surface area contributed by atoms with Gasteiger partial charge in [-0.3, -0.25) is 4.79 Å². The van der Waals surface area contributed by atoms with E-state index in [-0.39, 0.29) is 5.39 Å². The minimum Gasteiger partial charge on any atom is -0.545 e. The molecular weight excluding hydrogens is 416 g/mol. The van der Waals surface area contributed by atoms with Crippen molar-refractivity contribution < 1.29 is 9.90 Å². The number of rotatable bonds is 4. The molecule has 1 saturated heterocycles. The number of piperazine rings is 1. The van der Waals surface area contributed by atoms with Gasteiger partial charge in [0.05, 0.1) is 16.9 Å². The van der Waals surface area contributed by atoms with Gasteiger partial charge in [0.2, 0.25) is 11.4 Å². The van der Waals surface area contributed by atoms with Crippen molar-refractivity contribution in [3.63, 3.8) is 0 Å². The molecule has 2 aromatic heterocycles. The fourth-order valence-electron chi connectivity index (χ4n) is 3.54. The van der Waals surface area contributed by atoms with Gasteiger partial charge in [-0.2, -0.15) is 4.98 Å². The van der Waals surface area contributed by atoms with E-state index in [0.717, 1.165) is 5.69 Å². The van der Waals surface area contributed by atoms with Gasteiger partial charge in [0.1, 0.15) is 5.65 Å². The summed E-state index contributed by atoms with van der Waals surface area (Å²) in [6.45, 7) is 5.03. The van der Waals surface area contributed by atoms with Gasteiger partial charge in [0.25, 0.3) is 0 Å². The average Bonchev–Trinajstić information content (AvgIpc) is 2.79. The molecule has 1 fully saturated rings. The monoisotopic (exact) mass is 437 g/mol. The summed E-state index contributed by atoms with van der Waals surface area (Å²) < 4.78 is 1.63. The number of aromatic nitrogens is 3. The van der Waals surface area contributed by atoms with E-state index in [0.29, 0.717) is 49.4 Å². The van der Waals surface area contributed by atoms with Gasteiger partial charge in [-0.25, -0.2) is 4.98 Å². The van der Waals surface area contributed by atoms with Gasteiger partial charge in [-0.1, -0.05) is 18.2 Å². The number of nitrogens with one attached hydrogen (secondary N) is 1. The van der Waals surface area contributed by atoms with Crippen LogP contribution in [0, 0.1) is 0 Å². The van der Waals surface area contributed by atoms with Gasteiger partial charge >= 0.3 is 0 Å². The van der Waals surface area contributed by atoms with Crippen LogP contribution in [-0.4, -0.2) is 56.7 Å². The number of carboxylic acid groups (broad SMARTS) is 1. The van der Waals surface area contributed by atoms with E-state index in [1.807, 2.05) is 42.2 Å². The lowest BCUT2D eigenvalue weighted by Crippen LogP contribution is -2.50. The minimum atomic E-state index is -1.51. The Labute approximate surface area is 183 Å². The zero-order chi connectivity index (χ0) is 22.0. The van der Waals surface area contributed by atoms with Crippen LogP contribution in [0.2, 0.25) is 0 Å². The summed E-state index contributed by atoms with van der Waals surface area (Å²) in [6, 6.07) is 9.78. The van der Waals surface area contributed by atoms with E-state index >= 15 is 0 Å². The van der Waals surface area contributed by atoms with Crippen LogP contribution in [0.5, 0.6) is 0 Å². The van der Waals surface area contributed by atoms with Crippen LogP contribution < -0.4 is 20.8 Å². The van der Waals surface area contributed by atoms with Crippen LogP contribution >= 0.6 is 12.2 Å². The molecule has 0 radical (unpaired) electrons. The number of aromatic carboxylic acids is 1. The Kier molecular flexibility index (Phi) is 5.81. The number of hydrogen-bond donors (Lipinski definition) is 1. The molecule has 1 aliphatic rings. The molecule has 9 nitrogen and oxygen atoms in total. The zero-order valence-electron chi connectivity index (χ0n) is 16.9. The highest BCUT2D eigenvalue weighted by molar-refractivity contribution is 7.80. The fourth-order valence-corrected chi connectivity index (χ4v) is 3.84. The highest BCUT2D eigenvalue weighted by Crippen LogP contribution is 2.17. The molecule has 3 aromatic rings. The third-order valence-corrected chi connectivity index (χ3v) is 5.60. The number of fused-ring (bicyclic) bond motifs is 1. The second-order valence-electron chi connectivity index (χ2n) is 7.12. The number of aryl methyl sites for hydroxylation is 1. The SMILES string of the molecule is CCn1cc(C(=O)[O-])c(=O)c2cnc(N3CCN(C(=S)Nc4ccccc4)CC3)nc21. The summed E-state index contributed by atoms with van der Waals surface area (Å²) in [7, 11) is 0. The third kappa shape index (κ3) is 4.19. The standard InChI is InChI=1S/C21H22N6O3S/c1-2-25-13-16(19(29)30)17(28)15-12-22-20(24-18(15)25)26-8-10-27(11-9-26)21(31)23-14-6-4-3-5-7-14/h3-7,12-13H,2,8-11H2,1H3,(H,23,31)(H,29,30)/p-1. The molecule has 0 saturated carbocycles. The molecule has 1 aromatic carbocycles. The topological polar surface area (TPSA) is 106 Å². The molecule has 1 aliphatic heterocycles. The summed E-state index contributed by atoms with van der Waals surface area (Å²) in [5.74, 6) is -1.01. The molecule has 0 bridgehead atoms. The number of carbonyl (C=O) groups excluding carboxylic acids is 1. The van der Waals surface area contributed by atoms with Crippen LogP contribution in [0.15, 0.2) is 47.5 Å². The number of hydrogen-bond acceptors (Lipinski definition) is 7. The quantitative estimate of drug-likeness (QED) is 0.590. The summed E-state index contributed by atoms with van der Waals surface area (Å²) in [5, 5.41) is 15.3. The predicted octanol–water partition coefficient (Wildman–Crippen LogP) is 0.694. The molecule has 10 heteroatoms. The number of anilines is 2. The van der Waals surface area contributed by atoms with Crippen LogP contribution in [0.1, 0.15) is 17.3 Å². The van der Waals surface area contributed by atoms with Crippen LogP contribution in [0.25, 0.3) is 11.0 Å². The number of benzene rings is 1. The fraction of sp³-hybridized carbons (Fsp3) is 0.286. The van der Waals surface area contributed by atoms with E-state index in [2.05, 4.69) is 20.2 Å². The number of pyridine rings is 1. The maximum atomic E-state index is 12.4. The Morgan fingerprint density at radius 3 is 2.55 bits per heavy atom. The first kappa shape index (κ1) is 20.7. The Morgan fingerprint density at radius 1 is 1.19 bits per heavy atom. The van der Waals surface area contributed by atoms with Crippen molar-refractivity contribution in [2.75, 3.05) is 36.4 Å². The summed E-state index contributed by atoms with van der Waals surface area (Å²) >= 11 is 5.53. The smallest absolute Gasteiger partial charge is 0.227 e. The predicted molar refractivity (Wildman–Crippen MR) is 120 cm³/mol. The molecule has 4 rings (SSSR count). The largest absolute Gasteiger partial charge is 0.545 e. The van der Waals surface area contributed by atoms with Gasteiger partial charge in [-0.15, -0.1) is 0 Å². The summed E-state index contributed by atoms with van der Waals surface area (Å²) in [4.78, 5) is 36.7. The Morgan fingerprint density at radius 2 is 1.90 bits per heavy atom. The Balaban J connectivity index is 1.51. The van der Waals surface area contributed by atoms with Gasteiger partial charge in [-0.05, 0) is 31.3 Å². The molecule has 3 heterocycles. The molecule has 0 aliphatic carbocycles. The lowest BCUT2D eigenvalue weighted by atomic mass is 10.2. The molecule has 0 atom stereocenters. The third-order valence-electron chi connectivity index (χ3n) is 5.24. The lowest BCUT2D eigenvalue weighted by Gasteiger charge is -2.36. The maximum Gasteiger partial charge on any atom is 0.227 e.